The zero-order valence-corrected chi connectivity index (χ0v) is 15.2. The topological polar surface area (TPSA) is 93.8 Å². The Kier molecular flexibility index (Phi) is 4.06. The van der Waals surface area contributed by atoms with Crippen molar-refractivity contribution in [2.45, 2.75) is 25.8 Å². The third-order valence-electron chi connectivity index (χ3n) is 4.88. The molecule has 0 amide bonds. The van der Waals surface area contributed by atoms with Gasteiger partial charge in [-0.15, -0.1) is 0 Å². The SMILES string of the molecule is Cc1cc(NC2CCN(c3nc4c(cnn4C)c(=O)n3C)CC2)ncn1. The molecule has 1 saturated heterocycles. The molecule has 26 heavy (non-hydrogen) atoms. The van der Waals surface area contributed by atoms with Crippen molar-refractivity contribution in [2.24, 2.45) is 14.1 Å². The third kappa shape index (κ3) is 2.89. The van der Waals surface area contributed by atoms with Crippen LogP contribution in [-0.4, -0.2) is 48.4 Å². The Labute approximate surface area is 150 Å². The first kappa shape index (κ1) is 16.5. The van der Waals surface area contributed by atoms with Crippen molar-refractivity contribution in [1.82, 2.24) is 29.3 Å². The second-order valence-corrected chi connectivity index (χ2v) is 6.73. The summed E-state index contributed by atoms with van der Waals surface area (Å²) in [4.78, 5) is 27.8. The molecule has 9 heteroatoms. The molecule has 0 atom stereocenters. The number of rotatable bonds is 3. The lowest BCUT2D eigenvalue weighted by Gasteiger charge is -2.33. The summed E-state index contributed by atoms with van der Waals surface area (Å²) in [6.07, 6.45) is 5.05. The molecule has 3 aromatic heterocycles. The lowest BCUT2D eigenvalue weighted by molar-refractivity contribution is 0.512. The van der Waals surface area contributed by atoms with Gasteiger partial charge in [-0.2, -0.15) is 10.1 Å². The molecule has 1 aliphatic heterocycles. The van der Waals surface area contributed by atoms with Crippen LogP contribution in [0.2, 0.25) is 0 Å². The van der Waals surface area contributed by atoms with Gasteiger partial charge in [0.15, 0.2) is 5.65 Å². The van der Waals surface area contributed by atoms with Crippen LogP contribution >= 0.6 is 0 Å². The molecule has 0 aromatic carbocycles. The molecule has 1 N–H and O–H groups in total. The van der Waals surface area contributed by atoms with Gasteiger partial charge in [0.1, 0.15) is 17.5 Å². The van der Waals surface area contributed by atoms with Crippen LogP contribution < -0.4 is 15.8 Å². The summed E-state index contributed by atoms with van der Waals surface area (Å²) in [7, 11) is 3.57. The zero-order chi connectivity index (χ0) is 18.3. The van der Waals surface area contributed by atoms with E-state index >= 15 is 0 Å². The first-order valence-corrected chi connectivity index (χ1v) is 8.72. The minimum Gasteiger partial charge on any atom is -0.367 e. The molecular weight excluding hydrogens is 332 g/mol. The van der Waals surface area contributed by atoms with Crippen molar-refractivity contribution in [1.29, 1.82) is 0 Å². The van der Waals surface area contributed by atoms with Crippen molar-refractivity contribution in [2.75, 3.05) is 23.3 Å². The summed E-state index contributed by atoms with van der Waals surface area (Å²) >= 11 is 0. The van der Waals surface area contributed by atoms with E-state index in [0.29, 0.717) is 23.0 Å². The average molecular weight is 354 g/mol. The van der Waals surface area contributed by atoms with E-state index in [2.05, 4.69) is 30.3 Å². The van der Waals surface area contributed by atoms with E-state index in [4.69, 9.17) is 0 Å². The number of nitrogens with zero attached hydrogens (tertiary/aromatic N) is 7. The second kappa shape index (κ2) is 6.40. The summed E-state index contributed by atoms with van der Waals surface area (Å²) < 4.78 is 3.26. The Bertz CT molecular complexity index is 1000. The van der Waals surface area contributed by atoms with Gasteiger partial charge >= 0.3 is 0 Å². The van der Waals surface area contributed by atoms with Crippen molar-refractivity contribution in [3.05, 3.63) is 34.6 Å². The molecule has 0 unspecified atom stereocenters. The van der Waals surface area contributed by atoms with Crippen LogP contribution in [0.5, 0.6) is 0 Å². The fourth-order valence-electron chi connectivity index (χ4n) is 3.41. The molecular formula is C17H22N8O. The standard InChI is InChI=1S/C17H22N8O/c1-11-8-14(19-10-18-11)21-12-4-6-25(7-5-12)17-22-15-13(9-20-24(15)3)16(26)23(17)2/h8-10,12H,4-7H2,1-3H3,(H,18,19,21). The maximum Gasteiger partial charge on any atom is 0.265 e. The van der Waals surface area contributed by atoms with Gasteiger partial charge < -0.3 is 10.2 Å². The minimum atomic E-state index is -0.0604. The van der Waals surface area contributed by atoms with Gasteiger partial charge in [-0.05, 0) is 19.8 Å². The third-order valence-corrected chi connectivity index (χ3v) is 4.88. The quantitative estimate of drug-likeness (QED) is 0.745. The molecule has 4 heterocycles. The van der Waals surface area contributed by atoms with Gasteiger partial charge in [0, 0.05) is 45.0 Å². The largest absolute Gasteiger partial charge is 0.367 e. The highest BCUT2D eigenvalue weighted by Gasteiger charge is 2.23. The Morgan fingerprint density at radius 2 is 1.96 bits per heavy atom. The van der Waals surface area contributed by atoms with Gasteiger partial charge in [-0.25, -0.2) is 9.97 Å². The van der Waals surface area contributed by atoms with Crippen LogP contribution in [0, 0.1) is 6.92 Å². The number of hydrogen-bond donors (Lipinski definition) is 1. The highest BCUT2D eigenvalue weighted by atomic mass is 16.1. The zero-order valence-electron chi connectivity index (χ0n) is 15.2. The maximum absolute atomic E-state index is 12.6. The number of anilines is 2. The Morgan fingerprint density at radius 1 is 1.19 bits per heavy atom. The van der Waals surface area contributed by atoms with Gasteiger partial charge in [0.2, 0.25) is 5.95 Å². The van der Waals surface area contributed by atoms with E-state index in [9.17, 15) is 4.79 Å². The molecule has 136 valence electrons. The number of aryl methyl sites for hydroxylation is 2. The highest BCUT2D eigenvalue weighted by molar-refractivity contribution is 5.74. The predicted octanol–water partition coefficient (Wildman–Crippen LogP) is 0.846. The average Bonchev–Trinajstić information content (AvgIpc) is 3.00. The van der Waals surface area contributed by atoms with Crippen LogP contribution in [0.3, 0.4) is 0 Å². The summed E-state index contributed by atoms with van der Waals surface area (Å²) in [5.74, 6) is 1.56. The summed E-state index contributed by atoms with van der Waals surface area (Å²) in [6, 6.07) is 2.30. The van der Waals surface area contributed by atoms with Crippen molar-refractivity contribution in [3.8, 4) is 0 Å². The van der Waals surface area contributed by atoms with Crippen LogP contribution in [0.1, 0.15) is 18.5 Å². The fraction of sp³-hybridized carbons (Fsp3) is 0.471. The molecule has 0 saturated carbocycles. The normalized spacial score (nSPS) is 15.6. The molecule has 9 nitrogen and oxygen atoms in total. The van der Waals surface area contributed by atoms with E-state index in [-0.39, 0.29) is 5.56 Å². The van der Waals surface area contributed by atoms with E-state index in [0.717, 1.165) is 37.4 Å². The Hall–Kier alpha value is -2.97. The highest BCUT2D eigenvalue weighted by Crippen LogP contribution is 2.20. The molecule has 1 fully saturated rings. The molecule has 3 aromatic rings. The Morgan fingerprint density at radius 3 is 2.69 bits per heavy atom. The maximum atomic E-state index is 12.6. The number of aromatic nitrogens is 6. The van der Waals surface area contributed by atoms with Gasteiger partial charge in [-0.1, -0.05) is 0 Å². The van der Waals surface area contributed by atoms with Crippen molar-refractivity contribution >= 4 is 22.8 Å². The molecule has 0 aliphatic carbocycles. The van der Waals surface area contributed by atoms with Crippen molar-refractivity contribution in [3.63, 3.8) is 0 Å². The van der Waals surface area contributed by atoms with Gasteiger partial charge in [-0.3, -0.25) is 14.0 Å². The van der Waals surface area contributed by atoms with E-state index in [1.807, 2.05) is 13.0 Å². The molecule has 0 radical (unpaired) electrons. The second-order valence-electron chi connectivity index (χ2n) is 6.73. The van der Waals surface area contributed by atoms with Crippen molar-refractivity contribution < 1.29 is 0 Å². The van der Waals surface area contributed by atoms with Gasteiger partial charge in [0.05, 0.1) is 6.20 Å². The number of fused-ring (bicyclic) bond motifs is 1. The van der Waals surface area contributed by atoms with Crippen LogP contribution in [0.25, 0.3) is 11.0 Å². The van der Waals surface area contributed by atoms with E-state index in [1.54, 1.807) is 35.9 Å². The molecule has 4 rings (SSSR count). The molecule has 0 spiro atoms. The van der Waals surface area contributed by atoms with E-state index < -0.39 is 0 Å². The summed E-state index contributed by atoms with van der Waals surface area (Å²) in [5, 5.41) is 8.17. The lowest BCUT2D eigenvalue weighted by atomic mass is 10.1. The van der Waals surface area contributed by atoms with Crippen LogP contribution in [-0.2, 0) is 14.1 Å². The lowest BCUT2D eigenvalue weighted by Crippen LogP contribution is -2.42. The summed E-state index contributed by atoms with van der Waals surface area (Å²) in [5.41, 5.74) is 1.51. The number of nitrogens with one attached hydrogen (secondary N) is 1. The smallest absolute Gasteiger partial charge is 0.265 e. The van der Waals surface area contributed by atoms with Gasteiger partial charge in [0.25, 0.3) is 5.56 Å². The predicted molar refractivity (Wildman–Crippen MR) is 99.4 cm³/mol. The fourth-order valence-corrected chi connectivity index (χ4v) is 3.41. The van der Waals surface area contributed by atoms with E-state index in [1.165, 1.54) is 0 Å². The molecule has 0 bridgehead atoms. The summed E-state index contributed by atoms with van der Waals surface area (Å²) in [6.45, 7) is 3.60. The van der Waals surface area contributed by atoms with Crippen LogP contribution in [0.4, 0.5) is 11.8 Å². The first-order valence-electron chi connectivity index (χ1n) is 8.72. The Balaban J connectivity index is 1.51. The molecule has 1 aliphatic rings. The first-order chi connectivity index (χ1) is 12.5. The van der Waals surface area contributed by atoms with Crippen LogP contribution in [0.15, 0.2) is 23.4 Å². The monoisotopic (exact) mass is 354 g/mol. The number of hydrogen-bond acceptors (Lipinski definition) is 7. The minimum absolute atomic E-state index is 0.0604. The number of piperidine rings is 1.